The van der Waals surface area contributed by atoms with Crippen molar-refractivity contribution < 1.29 is 14.3 Å². The van der Waals surface area contributed by atoms with Crippen LogP contribution in [0.4, 0.5) is 0 Å². The number of benzene rings is 1. The van der Waals surface area contributed by atoms with Crippen LogP contribution >= 0.6 is 0 Å². The third-order valence-corrected chi connectivity index (χ3v) is 3.06. The quantitative estimate of drug-likeness (QED) is 0.835. The van der Waals surface area contributed by atoms with Crippen LogP contribution < -0.4 is 5.73 Å². The summed E-state index contributed by atoms with van der Waals surface area (Å²) in [4.78, 5) is 24.8. The van der Waals surface area contributed by atoms with Gasteiger partial charge in [0.25, 0.3) is 0 Å². The molecule has 1 aromatic rings. The highest BCUT2D eigenvalue weighted by atomic mass is 16.5. The van der Waals surface area contributed by atoms with Gasteiger partial charge in [-0.25, -0.2) is 0 Å². The van der Waals surface area contributed by atoms with Gasteiger partial charge in [-0.05, 0) is 12.5 Å². The minimum absolute atomic E-state index is 0.00220. The molecular weight excluding hydrogens is 232 g/mol. The zero-order valence-electron chi connectivity index (χ0n) is 10.2. The predicted molar refractivity (Wildman–Crippen MR) is 65.4 cm³/mol. The van der Waals surface area contributed by atoms with Gasteiger partial charge in [0.05, 0.1) is 6.10 Å². The fourth-order valence-electron chi connectivity index (χ4n) is 2.14. The highest BCUT2D eigenvalue weighted by Gasteiger charge is 2.37. The molecule has 2 amide bonds. The maximum atomic E-state index is 11.9. The molecule has 1 fully saturated rings. The first-order valence-corrected chi connectivity index (χ1v) is 5.84. The molecule has 0 bridgehead atoms. The fourth-order valence-corrected chi connectivity index (χ4v) is 2.14. The lowest BCUT2D eigenvalue weighted by Gasteiger charge is -2.37. The lowest BCUT2D eigenvalue weighted by Crippen LogP contribution is -2.58. The summed E-state index contributed by atoms with van der Waals surface area (Å²) in [6, 6.07) is 8.80. The van der Waals surface area contributed by atoms with Gasteiger partial charge in [0.1, 0.15) is 12.6 Å². The van der Waals surface area contributed by atoms with Crippen LogP contribution in [-0.4, -0.2) is 35.5 Å². The number of morpholine rings is 1. The first-order chi connectivity index (χ1) is 8.59. The Morgan fingerprint density at radius 2 is 2.11 bits per heavy atom. The van der Waals surface area contributed by atoms with Crippen molar-refractivity contribution in [3.05, 3.63) is 35.9 Å². The molecule has 0 saturated carbocycles. The third-order valence-electron chi connectivity index (χ3n) is 3.06. The summed E-state index contributed by atoms with van der Waals surface area (Å²) < 4.78 is 5.24. The zero-order valence-corrected chi connectivity index (χ0v) is 10.2. The van der Waals surface area contributed by atoms with Crippen molar-refractivity contribution in [1.82, 2.24) is 4.90 Å². The Bertz CT molecular complexity index is 447. The third kappa shape index (κ3) is 2.51. The lowest BCUT2D eigenvalue weighted by atomic mass is 10.1. The Morgan fingerprint density at radius 3 is 2.72 bits per heavy atom. The van der Waals surface area contributed by atoms with E-state index in [1.165, 1.54) is 4.90 Å². The highest BCUT2D eigenvalue weighted by Crippen LogP contribution is 2.18. The molecule has 2 N–H and O–H groups in total. The maximum absolute atomic E-state index is 11.9. The van der Waals surface area contributed by atoms with E-state index in [1.807, 2.05) is 30.3 Å². The number of carbonyl (C=O) groups is 2. The van der Waals surface area contributed by atoms with E-state index >= 15 is 0 Å². The van der Waals surface area contributed by atoms with Crippen LogP contribution in [0.15, 0.2) is 30.3 Å². The second-order valence-corrected chi connectivity index (χ2v) is 4.37. The molecule has 2 rings (SSSR count). The predicted octanol–water partition coefficient (Wildman–Crippen LogP) is 0.288. The molecule has 1 heterocycles. The van der Waals surface area contributed by atoms with Gasteiger partial charge in [0, 0.05) is 6.54 Å². The molecule has 1 saturated heterocycles. The molecule has 18 heavy (non-hydrogen) atoms. The molecule has 0 aliphatic carbocycles. The minimum Gasteiger partial charge on any atom is -0.368 e. The smallest absolute Gasteiger partial charge is 0.249 e. The van der Waals surface area contributed by atoms with Gasteiger partial charge < -0.3 is 15.4 Å². The molecule has 0 unspecified atom stereocenters. The summed E-state index contributed by atoms with van der Waals surface area (Å²) in [7, 11) is 0. The van der Waals surface area contributed by atoms with E-state index < -0.39 is 11.9 Å². The van der Waals surface area contributed by atoms with E-state index in [-0.39, 0.29) is 18.6 Å². The van der Waals surface area contributed by atoms with Crippen LogP contribution in [0.3, 0.4) is 0 Å². The van der Waals surface area contributed by atoms with Crippen LogP contribution in [0.5, 0.6) is 0 Å². The number of hydrogen-bond donors (Lipinski definition) is 1. The minimum atomic E-state index is -0.702. The first kappa shape index (κ1) is 12.6. The number of amides is 2. The largest absolute Gasteiger partial charge is 0.368 e. The van der Waals surface area contributed by atoms with Gasteiger partial charge in [-0.15, -0.1) is 0 Å². The Balaban J connectivity index is 2.21. The topological polar surface area (TPSA) is 72.6 Å². The van der Waals surface area contributed by atoms with Gasteiger partial charge >= 0.3 is 0 Å². The summed E-state index contributed by atoms with van der Waals surface area (Å²) in [6.45, 7) is 2.12. The number of nitrogens with zero attached hydrogens (tertiary/aromatic N) is 1. The standard InChI is InChI=1S/C13H16N2O3/c1-9-12(13(14)17)15(11(16)8-18-9)7-10-5-3-2-4-6-10/h2-6,9,12H,7-8H2,1H3,(H2,14,17)/t9-,12+/m1/s1. The van der Waals surface area contributed by atoms with E-state index in [1.54, 1.807) is 6.92 Å². The summed E-state index contributed by atoms with van der Waals surface area (Å²) in [5.41, 5.74) is 6.32. The summed E-state index contributed by atoms with van der Waals surface area (Å²) >= 11 is 0. The van der Waals surface area contributed by atoms with Crippen LogP contribution in [-0.2, 0) is 20.9 Å². The number of carbonyl (C=O) groups excluding carboxylic acids is 2. The first-order valence-electron chi connectivity index (χ1n) is 5.84. The van der Waals surface area contributed by atoms with Crippen LogP contribution in [0.2, 0.25) is 0 Å². The average molecular weight is 248 g/mol. The maximum Gasteiger partial charge on any atom is 0.249 e. The fraction of sp³-hybridized carbons (Fsp3) is 0.385. The van der Waals surface area contributed by atoms with Crippen LogP contribution in [0.25, 0.3) is 0 Å². The normalized spacial score (nSPS) is 24.1. The molecule has 0 radical (unpaired) electrons. The molecular formula is C13H16N2O3. The number of rotatable bonds is 3. The lowest BCUT2D eigenvalue weighted by molar-refractivity contribution is -0.162. The van der Waals surface area contributed by atoms with Crippen LogP contribution in [0.1, 0.15) is 12.5 Å². The second-order valence-electron chi connectivity index (χ2n) is 4.37. The van der Waals surface area contributed by atoms with E-state index in [0.717, 1.165) is 5.56 Å². The summed E-state index contributed by atoms with van der Waals surface area (Å²) in [6.07, 6.45) is -0.371. The summed E-state index contributed by atoms with van der Waals surface area (Å²) in [5, 5.41) is 0. The Kier molecular flexibility index (Phi) is 3.62. The molecule has 0 aromatic heterocycles. The molecule has 96 valence electrons. The van der Waals surface area contributed by atoms with E-state index in [9.17, 15) is 9.59 Å². The van der Waals surface area contributed by atoms with Crippen molar-refractivity contribution >= 4 is 11.8 Å². The molecule has 0 spiro atoms. The molecule has 1 aliphatic heterocycles. The number of hydrogen-bond acceptors (Lipinski definition) is 3. The van der Waals surface area contributed by atoms with Gasteiger partial charge in [-0.1, -0.05) is 30.3 Å². The van der Waals surface area contributed by atoms with Gasteiger partial charge in [0.2, 0.25) is 11.8 Å². The molecule has 5 nitrogen and oxygen atoms in total. The Hall–Kier alpha value is -1.88. The molecule has 2 atom stereocenters. The average Bonchev–Trinajstić information content (AvgIpc) is 2.35. The number of nitrogens with two attached hydrogens (primary N) is 1. The zero-order chi connectivity index (χ0) is 13.1. The van der Waals surface area contributed by atoms with E-state index in [2.05, 4.69) is 0 Å². The second kappa shape index (κ2) is 5.18. The molecule has 1 aliphatic rings. The molecule has 1 aromatic carbocycles. The number of ether oxygens (including phenoxy) is 1. The van der Waals surface area contributed by atoms with E-state index in [4.69, 9.17) is 10.5 Å². The Labute approximate surface area is 106 Å². The highest BCUT2D eigenvalue weighted by molar-refractivity contribution is 5.88. The Morgan fingerprint density at radius 1 is 1.44 bits per heavy atom. The summed E-state index contributed by atoms with van der Waals surface area (Å²) in [5.74, 6) is -0.743. The SMILES string of the molecule is C[C@H]1OCC(=O)N(Cc2ccccc2)[C@@H]1C(N)=O. The number of primary amides is 1. The van der Waals surface area contributed by atoms with E-state index in [0.29, 0.717) is 6.54 Å². The van der Waals surface area contributed by atoms with Crippen molar-refractivity contribution in [3.63, 3.8) is 0 Å². The molecule has 5 heteroatoms. The van der Waals surface area contributed by atoms with Gasteiger partial charge in [0.15, 0.2) is 0 Å². The van der Waals surface area contributed by atoms with Crippen molar-refractivity contribution in [2.24, 2.45) is 5.73 Å². The van der Waals surface area contributed by atoms with Crippen molar-refractivity contribution in [1.29, 1.82) is 0 Å². The van der Waals surface area contributed by atoms with Crippen molar-refractivity contribution in [2.75, 3.05) is 6.61 Å². The van der Waals surface area contributed by atoms with Gasteiger partial charge in [-0.2, -0.15) is 0 Å². The monoisotopic (exact) mass is 248 g/mol. The van der Waals surface area contributed by atoms with Crippen LogP contribution in [0, 0.1) is 0 Å². The van der Waals surface area contributed by atoms with Gasteiger partial charge in [-0.3, -0.25) is 9.59 Å². The van der Waals surface area contributed by atoms with Crippen molar-refractivity contribution in [3.8, 4) is 0 Å². The van der Waals surface area contributed by atoms with Crippen molar-refractivity contribution in [2.45, 2.75) is 25.6 Å².